The number of carbonyl (C=O) groups is 2. The summed E-state index contributed by atoms with van der Waals surface area (Å²) in [6.07, 6.45) is 3.60. The average Bonchev–Trinajstić information content (AvgIpc) is 3.06. The van der Waals surface area contributed by atoms with Gasteiger partial charge in [-0.2, -0.15) is 0 Å². The number of hydrogen-bond acceptors (Lipinski definition) is 8. The molecule has 0 atom stereocenters. The molecule has 0 aliphatic heterocycles. The normalized spacial score (nSPS) is 10.6. The molecule has 0 unspecified atom stereocenters. The SMILES string of the molecule is COC(=O)c1cc(-c2cc(C(=O)OC)c3ccccc3n2)nc2ccccc12.[Cu].c1cnc2c(c1)ccc1cccnc12. The fourth-order valence-corrected chi connectivity index (χ4v) is 4.85. The molecule has 7 rings (SSSR count). The van der Waals surface area contributed by atoms with Crippen molar-refractivity contribution in [3.05, 3.63) is 121 Å². The van der Waals surface area contributed by atoms with Gasteiger partial charge in [-0.1, -0.05) is 60.7 Å². The van der Waals surface area contributed by atoms with Crippen LogP contribution in [-0.2, 0) is 26.5 Å². The summed E-state index contributed by atoms with van der Waals surface area (Å²) in [5, 5.41) is 3.65. The number of benzene rings is 3. The van der Waals surface area contributed by atoms with Gasteiger partial charge in [0.2, 0.25) is 0 Å². The number of fused-ring (bicyclic) bond motifs is 5. The first-order valence-corrected chi connectivity index (χ1v) is 13.1. The number of aromatic nitrogens is 4. The second-order valence-corrected chi connectivity index (χ2v) is 9.34. The maximum Gasteiger partial charge on any atom is 0.338 e. The van der Waals surface area contributed by atoms with Gasteiger partial charge < -0.3 is 9.47 Å². The van der Waals surface area contributed by atoms with Crippen molar-refractivity contribution in [2.24, 2.45) is 0 Å². The largest absolute Gasteiger partial charge is 0.465 e. The van der Waals surface area contributed by atoms with Gasteiger partial charge in [0.05, 0.1) is 58.8 Å². The van der Waals surface area contributed by atoms with Crippen molar-refractivity contribution in [2.45, 2.75) is 0 Å². The van der Waals surface area contributed by atoms with E-state index in [-0.39, 0.29) is 17.1 Å². The van der Waals surface area contributed by atoms with Crippen LogP contribution in [0.2, 0.25) is 0 Å². The molecule has 43 heavy (non-hydrogen) atoms. The van der Waals surface area contributed by atoms with E-state index in [0.717, 1.165) is 21.8 Å². The summed E-state index contributed by atoms with van der Waals surface area (Å²) in [6, 6.07) is 30.0. The van der Waals surface area contributed by atoms with Crippen LogP contribution in [0.5, 0.6) is 0 Å². The van der Waals surface area contributed by atoms with Crippen LogP contribution in [0.25, 0.3) is 55.0 Å². The van der Waals surface area contributed by atoms with E-state index in [1.54, 1.807) is 24.5 Å². The third-order valence-corrected chi connectivity index (χ3v) is 6.85. The van der Waals surface area contributed by atoms with Gasteiger partial charge in [-0.25, -0.2) is 19.6 Å². The summed E-state index contributed by atoms with van der Waals surface area (Å²) in [5.41, 5.74) is 4.93. The summed E-state index contributed by atoms with van der Waals surface area (Å²) in [7, 11) is 2.67. The molecule has 7 aromatic rings. The first-order chi connectivity index (χ1) is 20.6. The summed E-state index contributed by atoms with van der Waals surface area (Å²) in [6.45, 7) is 0. The predicted octanol–water partition coefficient (Wildman–Crippen LogP) is 6.80. The van der Waals surface area contributed by atoms with E-state index in [1.165, 1.54) is 14.2 Å². The standard InChI is InChI=1S/C22H16N2O4.C12H8N2.Cu/c1-27-21(25)15-11-19(23-17-9-5-3-7-13(15)17)20-12-16(22(26)28-2)14-8-4-6-10-18(14)24-20;1-3-9-5-6-10-4-2-8-14-12(10)11(9)13-7-1;/h3-12H,1-2H3;1-8H;. The summed E-state index contributed by atoms with van der Waals surface area (Å²) >= 11 is 0. The van der Waals surface area contributed by atoms with Crippen LogP contribution >= 0.6 is 0 Å². The van der Waals surface area contributed by atoms with Gasteiger partial charge in [-0.15, -0.1) is 0 Å². The minimum absolute atomic E-state index is 0. The fraction of sp³-hybridized carbons (Fsp3) is 0.0588. The van der Waals surface area contributed by atoms with Crippen molar-refractivity contribution in [2.75, 3.05) is 14.2 Å². The summed E-state index contributed by atoms with van der Waals surface area (Å²) in [4.78, 5) is 42.6. The Bertz CT molecular complexity index is 1980. The number of para-hydroxylation sites is 2. The average molecular weight is 616 g/mol. The van der Waals surface area contributed by atoms with Gasteiger partial charge in [0.15, 0.2) is 0 Å². The number of rotatable bonds is 3. The Kier molecular flexibility index (Phi) is 8.66. The third kappa shape index (κ3) is 5.77. The van der Waals surface area contributed by atoms with Crippen molar-refractivity contribution < 1.29 is 36.1 Å². The topological polar surface area (TPSA) is 104 Å². The first-order valence-electron chi connectivity index (χ1n) is 13.1. The van der Waals surface area contributed by atoms with Crippen molar-refractivity contribution in [1.82, 2.24) is 19.9 Å². The predicted molar refractivity (Wildman–Crippen MR) is 162 cm³/mol. The van der Waals surface area contributed by atoms with E-state index in [4.69, 9.17) is 9.47 Å². The number of ether oxygens (including phenoxy) is 2. The molecule has 0 N–H and O–H groups in total. The van der Waals surface area contributed by atoms with Crippen LogP contribution in [0.15, 0.2) is 109 Å². The van der Waals surface area contributed by atoms with Gasteiger partial charge in [0.1, 0.15) is 0 Å². The van der Waals surface area contributed by atoms with Gasteiger partial charge in [-0.05, 0) is 36.4 Å². The Labute approximate surface area is 257 Å². The Balaban J connectivity index is 0.000000205. The minimum Gasteiger partial charge on any atom is -0.465 e. The number of esters is 2. The molecular formula is C34H24CuN4O4. The van der Waals surface area contributed by atoms with Crippen molar-refractivity contribution >= 4 is 55.6 Å². The molecule has 1 radical (unpaired) electrons. The van der Waals surface area contributed by atoms with Crippen molar-refractivity contribution in [3.8, 4) is 11.4 Å². The molecule has 0 bridgehead atoms. The maximum atomic E-state index is 12.3. The molecule has 0 spiro atoms. The zero-order valence-corrected chi connectivity index (χ0v) is 24.1. The summed E-state index contributed by atoms with van der Waals surface area (Å²) < 4.78 is 9.85. The van der Waals surface area contributed by atoms with Gasteiger partial charge >= 0.3 is 11.9 Å². The molecule has 0 aliphatic carbocycles. The van der Waals surface area contributed by atoms with Crippen LogP contribution in [0, 0.1) is 0 Å². The Morgan fingerprint density at radius 2 is 0.977 bits per heavy atom. The van der Waals surface area contributed by atoms with E-state index in [2.05, 4.69) is 44.2 Å². The number of carbonyl (C=O) groups excluding carboxylic acids is 2. The minimum atomic E-state index is -0.464. The molecule has 8 nitrogen and oxygen atoms in total. The molecule has 0 amide bonds. The van der Waals surface area contributed by atoms with Crippen LogP contribution in [0.3, 0.4) is 0 Å². The van der Waals surface area contributed by atoms with Crippen LogP contribution in [0.1, 0.15) is 20.7 Å². The van der Waals surface area contributed by atoms with Crippen molar-refractivity contribution in [3.63, 3.8) is 0 Å². The van der Waals surface area contributed by atoms with E-state index < -0.39 is 11.9 Å². The number of nitrogens with zero attached hydrogens (tertiary/aromatic N) is 4. The molecule has 4 heterocycles. The van der Waals surface area contributed by atoms with Gasteiger partial charge in [0, 0.05) is 51.0 Å². The summed E-state index contributed by atoms with van der Waals surface area (Å²) in [5.74, 6) is -0.928. The van der Waals surface area contributed by atoms with E-state index in [1.807, 2.05) is 60.7 Å². The van der Waals surface area contributed by atoms with Crippen molar-refractivity contribution in [1.29, 1.82) is 0 Å². The Hall–Kier alpha value is -5.24. The zero-order valence-electron chi connectivity index (χ0n) is 23.1. The second kappa shape index (κ2) is 12.7. The molecule has 0 fully saturated rings. The first kappa shape index (κ1) is 29.3. The molecule has 215 valence electrons. The maximum absolute atomic E-state index is 12.3. The second-order valence-electron chi connectivity index (χ2n) is 9.34. The molecule has 0 saturated carbocycles. The number of hydrogen-bond donors (Lipinski definition) is 0. The van der Waals surface area contributed by atoms with E-state index in [0.29, 0.717) is 44.3 Å². The van der Waals surface area contributed by atoms with Gasteiger partial charge in [-0.3, -0.25) is 9.97 Å². The monoisotopic (exact) mass is 615 g/mol. The Morgan fingerprint density at radius 3 is 1.40 bits per heavy atom. The Morgan fingerprint density at radius 1 is 0.558 bits per heavy atom. The third-order valence-electron chi connectivity index (χ3n) is 6.85. The molecular weight excluding hydrogens is 592 g/mol. The quantitative estimate of drug-likeness (QED) is 0.121. The number of methoxy groups -OCH3 is 2. The van der Waals surface area contributed by atoms with E-state index in [9.17, 15) is 9.59 Å². The smallest absolute Gasteiger partial charge is 0.338 e. The molecule has 3 aromatic carbocycles. The van der Waals surface area contributed by atoms with Crippen LogP contribution in [0.4, 0.5) is 0 Å². The molecule has 9 heteroatoms. The molecule has 0 saturated heterocycles. The van der Waals surface area contributed by atoms with Crippen LogP contribution < -0.4 is 0 Å². The van der Waals surface area contributed by atoms with E-state index >= 15 is 0 Å². The molecule has 0 aliphatic rings. The molecule has 4 aromatic heterocycles. The van der Waals surface area contributed by atoms with Crippen LogP contribution in [-0.4, -0.2) is 46.1 Å². The zero-order chi connectivity index (χ0) is 29.1. The number of pyridine rings is 4. The van der Waals surface area contributed by atoms with Gasteiger partial charge in [0.25, 0.3) is 0 Å². The fourth-order valence-electron chi connectivity index (χ4n) is 4.85.